The maximum Gasteiger partial charge on any atom is 0.224 e. The molecule has 4 nitrogen and oxygen atoms in total. The first kappa shape index (κ1) is 20.9. The molecule has 1 amide bonds. The molecule has 0 atom stereocenters. The number of amides is 1. The van der Waals surface area contributed by atoms with Crippen molar-refractivity contribution in [3.8, 4) is 5.75 Å². The molecule has 0 unspecified atom stereocenters. The number of ketones is 1. The van der Waals surface area contributed by atoms with E-state index in [1.165, 1.54) is 32.1 Å². The Labute approximate surface area is 165 Å². The van der Waals surface area contributed by atoms with Gasteiger partial charge in [0.15, 0.2) is 5.78 Å². The number of halogens is 1. The lowest BCUT2D eigenvalue weighted by atomic mass is 9.86. The highest BCUT2D eigenvalue weighted by Crippen LogP contribution is 2.31. The molecule has 0 aromatic heterocycles. The summed E-state index contributed by atoms with van der Waals surface area (Å²) in [6.07, 6.45) is 7.89. The molecule has 26 heavy (non-hydrogen) atoms. The average Bonchev–Trinajstić information content (AvgIpc) is 2.61. The zero-order valence-electron chi connectivity index (χ0n) is 16.1. The molecule has 1 saturated carbocycles. The highest BCUT2D eigenvalue weighted by atomic mass is 79.9. The van der Waals surface area contributed by atoms with E-state index >= 15 is 0 Å². The minimum atomic E-state index is -0.638. The molecule has 5 heteroatoms. The SMILES string of the molecule is CCOc1cc(C(=O)C(C)(C)Br)ccc1NC(=O)CCC1CCCCC1. The van der Waals surface area contributed by atoms with Gasteiger partial charge in [0.1, 0.15) is 5.75 Å². The molecule has 1 aliphatic carbocycles. The van der Waals surface area contributed by atoms with Crippen LogP contribution < -0.4 is 10.1 Å². The van der Waals surface area contributed by atoms with E-state index in [4.69, 9.17) is 4.74 Å². The summed E-state index contributed by atoms with van der Waals surface area (Å²) in [4.78, 5) is 24.8. The summed E-state index contributed by atoms with van der Waals surface area (Å²) in [7, 11) is 0. The molecule has 0 spiro atoms. The molecule has 1 fully saturated rings. The van der Waals surface area contributed by atoms with Gasteiger partial charge in [-0.2, -0.15) is 0 Å². The zero-order valence-corrected chi connectivity index (χ0v) is 17.7. The quantitative estimate of drug-likeness (QED) is 0.428. The van der Waals surface area contributed by atoms with Crippen molar-refractivity contribution in [2.45, 2.75) is 70.0 Å². The molecule has 0 saturated heterocycles. The van der Waals surface area contributed by atoms with Gasteiger partial charge in [-0.25, -0.2) is 0 Å². The summed E-state index contributed by atoms with van der Waals surface area (Å²) in [5, 5.41) is 2.95. The van der Waals surface area contributed by atoms with Gasteiger partial charge in [0.05, 0.1) is 16.6 Å². The molecule has 2 rings (SSSR count). The third kappa shape index (κ3) is 6.11. The van der Waals surface area contributed by atoms with E-state index < -0.39 is 4.32 Å². The summed E-state index contributed by atoms with van der Waals surface area (Å²) < 4.78 is 5.02. The molecule has 1 aliphatic rings. The maximum atomic E-state index is 12.4. The Balaban J connectivity index is 2.02. The van der Waals surface area contributed by atoms with Gasteiger partial charge in [0.2, 0.25) is 5.91 Å². The van der Waals surface area contributed by atoms with E-state index in [1.807, 2.05) is 20.8 Å². The zero-order chi connectivity index (χ0) is 19.2. The lowest BCUT2D eigenvalue weighted by Crippen LogP contribution is -2.24. The van der Waals surface area contributed by atoms with Gasteiger partial charge in [-0.3, -0.25) is 9.59 Å². The van der Waals surface area contributed by atoms with Gasteiger partial charge in [-0.05, 0) is 51.3 Å². The fourth-order valence-electron chi connectivity index (χ4n) is 3.41. The molecule has 1 aromatic rings. The van der Waals surface area contributed by atoms with E-state index in [-0.39, 0.29) is 11.7 Å². The number of hydrogen-bond donors (Lipinski definition) is 1. The molecule has 1 N–H and O–H groups in total. The number of rotatable bonds is 8. The van der Waals surface area contributed by atoms with Crippen LogP contribution in [0.2, 0.25) is 0 Å². The normalized spacial score (nSPS) is 15.5. The number of benzene rings is 1. The van der Waals surface area contributed by atoms with Crippen molar-refractivity contribution < 1.29 is 14.3 Å². The van der Waals surface area contributed by atoms with E-state index in [0.717, 1.165) is 6.42 Å². The summed E-state index contributed by atoms with van der Waals surface area (Å²) >= 11 is 3.40. The first-order valence-corrected chi connectivity index (χ1v) is 10.4. The van der Waals surface area contributed by atoms with Crippen molar-refractivity contribution in [3.05, 3.63) is 23.8 Å². The van der Waals surface area contributed by atoms with Crippen LogP contribution in [0, 0.1) is 5.92 Å². The van der Waals surface area contributed by atoms with Crippen molar-refractivity contribution in [1.29, 1.82) is 0 Å². The minimum Gasteiger partial charge on any atom is -0.492 e. The van der Waals surface area contributed by atoms with Crippen LogP contribution in [0.3, 0.4) is 0 Å². The Morgan fingerprint density at radius 3 is 2.54 bits per heavy atom. The largest absolute Gasteiger partial charge is 0.492 e. The fraction of sp³-hybridized carbons (Fsp3) is 0.619. The van der Waals surface area contributed by atoms with E-state index in [1.54, 1.807) is 18.2 Å². The van der Waals surface area contributed by atoms with Gasteiger partial charge in [-0.15, -0.1) is 0 Å². The number of hydrogen-bond acceptors (Lipinski definition) is 3. The lowest BCUT2D eigenvalue weighted by molar-refractivity contribution is -0.116. The monoisotopic (exact) mass is 423 g/mol. The summed E-state index contributed by atoms with van der Waals surface area (Å²) in [6, 6.07) is 5.21. The van der Waals surface area contributed by atoms with Crippen molar-refractivity contribution in [1.82, 2.24) is 0 Å². The molecule has 0 bridgehead atoms. The summed E-state index contributed by atoms with van der Waals surface area (Å²) in [5.41, 5.74) is 1.19. The second kappa shape index (κ2) is 9.54. The summed E-state index contributed by atoms with van der Waals surface area (Å²) in [6.45, 7) is 5.99. The first-order chi connectivity index (χ1) is 12.3. The van der Waals surface area contributed by atoms with Crippen molar-refractivity contribution >= 4 is 33.3 Å². The molecule has 0 heterocycles. The van der Waals surface area contributed by atoms with Gasteiger partial charge in [0.25, 0.3) is 0 Å². The second-order valence-electron chi connectivity index (χ2n) is 7.54. The summed E-state index contributed by atoms with van der Waals surface area (Å²) in [5.74, 6) is 1.22. The fourth-order valence-corrected chi connectivity index (χ4v) is 3.64. The smallest absolute Gasteiger partial charge is 0.224 e. The van der Waals surface area contributed by atoms with Gasteiger partial charge in [-0.1, -0.05) is 48.0 Å². The third-order valence-corrected chi connectivity index (χ3v) is 5.22. The van der Waals surface area contributed by atoms with Crippen LogP contribution in [-0.4, -0.2) is 22.6 Å². The molecule has 0 radical (unpaired) electrons. The average molecular weight is 424 g/mol. The predicted molar refractivity (Wildman–Crippen MR) is 109 cm³/mol. The molecule has 0 aliphatic heterocycles. The number of carbonyl (C=O) groups is 2. The number of carbonyl (C=O) groups excluding carboxylic acids is 2. The van der Waals surface area contributed by atoms with Crippen molar-refractivity contribution in [2.24, 2.45) is 5.92 Å². The van der Waals surface area contributed by atoms with Crippen LogP contribution in [-0.2, 0) is 4.79 Å². The third-order valence-electron chi connectivity index (χ3n) is 4.86. The number of Topliss-reactive ketones (excluding diaryl/α,β-unsaturated/α-hetero) is 1. The Morgan fingerprint density at radius 1 is 1.23 bits per heavy atom. The van der Waals surface area contributed by atoms with Crippen LogP contribution in [0.4, 0.5) is 5.69 Å². The molecule has 1 aromatic carbocycles. The second-order valence-corrected chi connectivity index (χ2v) is 9.52. The highest BCUT2D eigenvalue weighted by Gasteiger charge is 2.26. The van der Waals surface area contributed by atoms with Crippen LogP contribution in [0.15, 0.2) is 18.2 Å². The molecular weight excluding hydrogens is 394 g/mol. The first-order valence-electron chi connectivity index (χ1n) is 9.61. The highest BCUT2D eigenvalue weighted by molar-refractivity contribution is 9.10. The maximum absolute atomic E-state index is 12.4. The Morgan fingerprint density at radius 2 is 1.92 bits per heavy atom. The number of anilines is 1. The Bertz CT molecular complexity index is 631. The predicted octanol–water partition coefficient (Wildman–Crippen LogP) is 5.74. The van der Waals surface area contributed by atoms with E-state index in [9.17, 15) is 9.59 Å². The topological polar surface area (TPSA) is 55.4 Å². The van der Waals surface area contributed by atoms with Crippen LogP contribution in [0.1, 0.15) is 76.1 Å². The van der Waals surface area contributed by atoms with Crippen LogP contribution in [0.25, 0.3) is 0 Å². The minimum absolute atomic E-state index is 0.0106. The Kier molecular flexibility index (Phi) is 7.69. The van der Waals surface area contributed by atoms with E-state index in [2.05, 4.69) is 21.2 Å². The van der Waals surface area contributed by atoms with Crippen LogP contribution >= 0.6 is 15.9 Å². The van der Waals surface area contributed by atoms with Gasteiger partial charge >= 0.3 is 0 Å². The molecule has 144 valence electrons. The number of ether oxygens (including phenoxy) is 1. The lowest BCUT2D eigenvalue weighted by Gasteiger charge is -2.21. The standard InChI is InChI=1S/C21H30BrNO3/c1-4-26-18-14-16(20(25)21(2,3)22)11-12-17(18)23-19(24)13-10-15-8-6-5-7-9-15/h11-12,14-15H,4-10,13H2,1-3H3,(H,23,24). The van der Waals surface area contributed by atoms with Gasteiger partial charge < -0.3 is 10.1 Å². The Hall–Kier alpha value is -1.36. The van der Waals surface area contributed by atoms with Crippen molar-refractivity contribution in [2.75, 3.05) is 11.9 Å². The number of alkyl halides is 1. The molecular formula is C21H30BrNO3. The number of nitrogens with one attached hydrogen (secondary N) is 1. The van der Waals surface area contributed by atoms with Crippen LogP contribution in [0.5, 0.6) is 5.75 Å². The van der Waals surface area contributed by atoms with E-state index in [0.29, 0.717) is 35.9 Å². The van der Waals surface area contributed by atoms with Crippen molar-refractivity contribution in [3.63, 3.8) is 0 Å². The van der Waals surface area contributed by atoms with Gasteiger partial charge in [0, 0.05) is 12.0 Å².